The third-order valence-electron chi connectivity index (χ3n) is 3.63. The number of anilines is 2. The molecule has 22 heavy (non-hydrogen) atoms. The number of halogens is 2. The van der Waals surface area contributed by atoms with Gasteiger partial charge in [-0.3, -0.25) is 9.78 Å². The summed E-state index contributed by atoms with van der Waals surface area (Å²) < 4.78 is 0. The van der Waals surface area contributed by atoms with Crippen molar-refractivity contribution in [3.63, 3.8) is 0 Å². The van der Waals surface area contributed by atoms with Crippen LogP contribution in [0.3, 0.4) is 0 Å². The average molecular weight is 336 g/mol. The molecule has 4 nitrogen and oxygen atoms in total. The van der Waals surface area contributed by atoms with Gasteiger partial charge in [-0.1, -0.05) is 23.2 Å². The molecular weight excluding hydrogens is 321 g/mol. The van der Waals surface area contributed by atoms with E-state index in [9.17, 15) is 4.79 Å². The standard InChI is InChI=1S/C16H15Cl2N3O/c17-12-3-4-14(18)15(8-12)20-16(22)11-7-13(10-19-9-11)21-5-1-2-6-21/h3-4,7-10H,1-2,5-6H2,(H,20,22). The van der Waals surface area contributed by atoms with E-state index in [1.165, 1.54) is 12.8 Å². The number of nitrogens with zero attached hydrogens (tertiary/aromatic N) is 2. The number of carbonyl (C=O) groups is 1. The smallest absolute Gasteiger partial charge is 0.257 e. The SMILES string of the molecule is O=C(Nc1cc(Cl)ccc1Cl)c1cncc(N2CCCC2)c1. The first-order valence-corrected chi connectivity index (χ1v) is 7.85. The Kier molecular flexibility index (Phi) is 4.50. The van der Waals surface area contributed by atoms with Crippen LogP contribution in [0.15, 0.2) is 36.7 Å². The van der Waals surface area contributed by atoms with Crippen molar-refractivity contribution in [1.29, 1.82) is 0 Å². The monoisotopic (exact) mass is 335 g/mol. The summed E-state index contributed by atoms with van der Waals surface area (Å²) in [6.07, 6.45) is 5.69. The predicted octanol–water partition coefficient (Wildman–Crippen LogP) is 4.24. The highest BCUT2D eigenvalue weighted by atomic mass is 35.5. The number of benzene rings is 1. The van der Waals surface area contributed by atoms with E-state index in [0.717, 1.165) is 18.8 Å². The van der Waals surface area contributed by atoms with E-state index in [2.05, 4.69) is 15.2 Å². The van der Waals surface area contributed by atoms with Gasteiger partial charge < -0.3 is 10.2 Å². The van der Waals surface area contributed by atoms with Crippen molar-refractivity contribution >= 4 is 40.5 Å². The molecule has 1 fully saturated rings. The molecule has 0 spiro atoms. The summed E-state index contributed by atoms with van der Waals surface area (Å²) in [6, 6.07) is 6.80. The highest BCUT2D eigenvalue weighted by Crippen LogP contribution is 2.26. The number of aromatic nitrogens is 1. The number of nitrogens with one attached hydrogen (secondary N) is 1. The van der Waals surface area contributed by atoms with Crippen LogP contribution in [0.5, 0.6) is 0 Å². The lowest BCUT2D eigenvalue weighted by Gasteiger charge is -2.17. The van der Waals surface area contributed by atoms with Gasteiger partial charge in [-0.2, -0.15) is 0 Å². The first-order chi connectivity index (χ1) is 10.6. The number of hydrogen-bond donors (Lipinski definition) is 1. The molecule has 0 atom stereocenters. The molecule has 1 aromatic carbocycles. The molecule has 1 N–H and O–H groups in total. The van der Waals surface area contributed by atoms with E-state index >= 15 is 0 Å². The summed E-state index contributed by atoms with van der Waals surface area (Å²) in [5.74, 6) is -0.252. The van der Waals surface area contributed by atoms with Crippen LogP contribution in [0.4, 0.5) is 11.4 Å². The van der Waals surface area contributed by atoms with Crippen LogP contribution in [0, 0.1) is 0 Å². The third kappa shape index (κ3) is 3.34. The van der Waals surface area contributed by atoms with Gasteiger partial charge in [0.05, 0.1) is 28.2 Å². The summed E-state index contributed by atoms with van der Waals surface area (Å²) >= 11 is 12.0. The maximum atomic E-state index is 12.4. The molecule has 1 aliphatic heterocycles. The molecule has 2 heterocycles. The van der Waals surface area contributed by atoms with Crippen LogP contribution < -0.4 is 10.2 Å². The fourth-order valence-corrected chi connectivity index (χ4v) is 2.82. The average Bonchev–Trinajstić information content (AvgIpc) is 3.05. The Balaban J connectivity index is 1.80. The third-order valence-corrected chi connectivity index (χ3v) is 4.20. The van der Waals surface area contributed by atoms with Gasteiger partial charge in [-0.05, 0) is 37.1 Å². The van der Waals surface area contributed by atoms with E-state index in [-0.39, 0.29) is 5.91 Å². The lowest BCUT2D eigenvalue weighted by molar-refractivity contribution is 0.102. The number of hydrogen-bond acceptors (Lipinski definition) is 3. The van der Waals surface area contributed by atoms with Crippen molar-refractivity contribution in [1.82, 2.24) is 4.98 Å². The zero-order valence-electron chi connectivity index (χ0n) is 11.9. The second kappa shape index (κ2) is 6.55. The van der Waals surface area contributed by atoms with Crippen molar-refractivity contribution in [2.45, 2.75) is 12.8 Å². The largest absolute Gasteiger partial charge is 0.370 e. The lowest BCUT2D eigenvalue weighted by atomic mass is 10.2. The molecule has 0 bridgehead atoms. The van der Waals surface area contributed by atoms with E-state index in [1.807, 2.05) is 6.07 Å². The number of rotatable bonds is 3. The summed E-state index contributed by atoms with van der Waals surface area (Å²) in [4.78, 5) is 18.8. The Morgan fingerprint density at radius 3 is 2.68 bits per heavy atom. The van der Waals surface area contributed by atoms with Crippen molar-refractivity contribution < 1.29 is 4.79 Å². The normalized spacial score (nSPS) is 14.2. The molecule has 1 aliphatic rings. The van der Waals surface area contributed by atoms with Crippen molar-refractivity contribution in [3.8, 4) is 0 Å². The van der Waals surface area contributed by atoms with E-state index < -0.39 is 0 Å². The molecule has 0 radical (unpaired) electrons. The van der Waals surface area contributed by atoms with Gasteiger partial charge >= 0.3 is 0 Å². The van der Waals surface area contributed by atoms with Crippen molar-refractivity contribution in [2.24, 2.45) is 0 Å². The number of carbonyl (C=O) groups excluding carboxylic acids is 1. The minimum Gasteiger partial charge on any atom is -0.370 e. The second-order valence-corrected chi connectivity index (χ2v) is 6.05. The Morgan fingerprint density at radius 2 is 1.91 bits per heavy atom. The molecule has 1 aromatic heterocycles. The number of amides is 1. The van der Waals surface area contributed by atoms with Crippen LogP contribution in [-0.2, 0) is 0 Å². The van der Waals surface area contributed by atoms with Crippen molar-refractivity contribution in [2.75, 3.05) is 23.3 Å². The minimum absolute atomic E-state index is 0.252. The highest BCUT2D eigenvalue weighted by molar-refractivity contribution is 6.35. The quantitative estimate of drug-likeness (QED) is 0.912. The molecule has 2 aromatic rings. The zero-order chi connectivity index (χ0) is 15.5. The molecule has 3 rings (SSSR count). The maximum Gasteiger partial charge on any atom is 0.257 e. The predicted molar refractivity (Wildman–Crippen MR) is 90.1 cm³/mol. The molecule has 1 amide bonds. The summed E-state index contributed by atoms with van der Waals surface area (Å²) in [7, 11) is 0. The van der Waals surface area contributed by atoms with Crippen LogP contribution >= 0.6 is 23.2 Å². The molecule has 0 aliphatic carbocycles. The van der Waals surface area contributed by atoms with Gasteiger partial charge in [0.25, 0.3) is 5.91 Å². The Morgan fingerprint density at radius 1 is 1.14 bits per heavy atom. The maximum absolute atomic E-state index is 12.4. The van der Waals surface area contributed by atoms with E-state index in [4.69, 9.17) is 23.2 Å². The lowest BCUT2D eigenvalue weighted by Crippen LogP contribution is -2.19. The second-order valence-electron chi connectivity index (χ2n) is 5.20. The van der Waals surface area contributed by atoms with Gasteiger partial charge in [0.15, 0.2) is 0 Å². The van der Waals surface area contributed by atoms with Gasteiger partial charge in [-0.25, -0.2) is 0 Å². The Hall–Kier alpha value is -1.78. The fraction of sp³-hybridized carbons (Fsp3) is 0.250. The highest BCUT2D eigenvalue weighted by Gasteiger charge is 2.15. The first kappa shape index (κ1) is 15.1. The summed E-state index contributed by atoms with van der Waals surface area (Å²) in [6.45, 7) is 2.01. The molecule has 114 valence electrons. The Labute approximate surface area is 139 Å². The van der Waals surface area contributed by atoms with Gasteiger partial charge in [0.1, 0.15) is 0 Å². The topological polar surface area (TPSA) is 45.2 Å². The van der Waals surface area contributed by atoms with Crippen LogP contribution in [0.25, 0.3) is 0 Å². The fourth-order valence-electron chi connectivity index (χ4n) is 2.49. The first-order valence-electron chi connectivity index (χ1n) is 7.10. The van der Waals surface area contributed by atoms with Crippen LogP contribution in [-0.4, -0.2) is 24.0 Å². The van der Waals surface area contributed by atoms with Gasteiger partial charge in [-0.15, -0.1) is 0 Å². The van der Waals surface area contributed by atoms with E-state index in [1.54, 1.807) is 30.6 Å². The molecule has 1 saturated heterocycles. The Bertz CT molecular complexity index is 700. The van der Waals surface area contributed by atoms with Crippen LogP contribution in [0.1, 0.15) is 23.2 Å². The van der Waals surface area contributed by atoms with Gasteiger partial charge in [0.2, 0.25) is 0 Å². The molecular formula is C16H15Cl2N3O. The van der Waals surface area contributed by atoms with Crippen molar-refractivity contribution in [3.05, 3.63) is 52.3 Å². The molecule has 0 saturated carbocycles. The van der Waals surface area contributed by atoms with Gasteiger partial charge in [0, 0.05) is 24.3 Å². The number of pyridine rings is 1. The van der Waals surface area contributed by atoms with Crippen LogP contribution in [0.2, 0.25) is 10.0 Å². The van der Waals surface area contributed by atoms with E-state index in [0.29, 0.717) is 21.3 Å². The molecule has 6 heteroatoms. The zero-order valence-corrected chi connectivity index (χ0v) is 13.4. The minimum atomic E-state index is -0.252. The molecule has 0 unspecified atom stereocenters. The summed E-state index contributed by atoms with van der Waals surface area (Å²) in [5.41, 5.74) is 1.97. The summed E-state index contributed by atoms with van der Waals surface area (Å²) in [5, 5.41) is 3.73.